The van der Waals surface area contributed by atoms with Crippen LogP contribution in [0.2, 0.25) is 0 Å². The van der Waals surface area contributed by atoms with Gasteiger partial charge in [0.15, 0.2) is 0 Å². The molecule has 1 aromatic carbocycles. The Morgan fingerprint density at radius 2 is 2.20 bits per heavy atom. The van der Waals surface area contributed by atoms with Gasteiger partial charge in [-0.25, -0.2) is 4.39 Å². The fourth-order valence-corrected chi connectivity index (χ4v) is 1.65. The predicted octanol–water partition coefficient (Wildman–Crippen LogP) is 2.42. The second-order valence-corrected chi connectivity index (χ2v) is 3.73. The summed E-state index contributed by atoms with van der Waals surface area (Å²) >= 11 is 0. The van der Waals surface area contributed by atoms with Crippen LogP contribution in [0.5, 0.6) is 0 Å². The molecule has 1 aromatic rings. The molecule has 1 rings (SSSR count). The molecule has 0 fully saturated rings. The first kappa shape index (κ1) is 12.1. The Labute approximate surface area is 90.2 Å². The molecule has 0 spiro atoms. The Bertz CT molecular complexity index is 314. The van der Waals surface area contributed by atoms with Crippen molar-refractivity contribution < 1.29 is 9.13 Å². The van der Waals surface area contributed by atoms with E-state index < -0.39 is 0 Å². The molecule has 15 heavy (non-hydrogen) atoms. The van der Waals surface area contributed by atoms with E-state index in [0.29, 0.717) is 18.7 Å². The molecule has 2 nitrogen and oxygen atoms in total. The molecule has 0 aliphatic heterocycles. The standard InChI is InChI=1S/C12H18FNO/c1-9(6-7-14)11-5-3-4-10(8-15-2)12(11)13/h3-5,9H,6-8,14H2,1-2H3. The number of benzene rings is 1. The molecule has 3 heteroatoms. The van der Waals surface area contributed by atoms with Crippen LogP contribution in [0.25, 0.3) is 0 Å². The molecule has 1 unspecified atom stereocenters. The first-order valence-electron chi connectivity index (χ1n) is 5.17. The highest BCUT2D eigenvalue weighted by Crippen LogP contribution is 2.24. The number of nitrogens with two attached hydrogens (primary N) is 1. The summed E-state index contributed by atoms with van der Waals surface area (Å²) < 4.78 is 18.9. The summed E-state index contributed by atoms with van der Waals surface area (Å²) in [5, 5.41) is 0. The lowest BCUT2D eigenvalue weighted by Crippen LogP contribution is -2.07. The monoisotopic (exact) mass is 211 g/mol. The first-order chi connectivity index (χ1) is 7.20. The van der Waals surface area contributed by atoms with Crippen molar-refractivity contribution >= 4 is 0 Å². The van der Waals surface area contributed by atoms with Crippen LogP contribution < -0.4 is 5.73 Å². The zero-order valence-electron chi connectivity index (χ0n) is 9.29. The molecule has 0 radical (unpaired) electrons. The summed E-state index contributed by atoms with van der Waals surface area (Å²) in [6, 6.07) is 5.42. The van der Waals surface area contributed by atoms with Crippen molar-refractivity contribution in [3.63, 3.8) is 0 Å². The molecule has 1 atom stereocenters. The third kappa shape index (κ3) is 3.01. The van der Waals surface area contributed by atoms with Crippen LogP contribution in [0.1, 0.15) is 30.4 Å². The van der Waals surface area contributed by atoms with E-state index in [2.05, 4.69) is 0 Å². The Balaban J connectivity index is 2.92. The average Bonchev–Trinajstić information content (AvgIpc) is 2.22. The normalized spacial score (nSPS) is 12.8. The van der Waals surface area contributed by atoms with Crippen LogP contribution in [0.3, 0.4) is 0 Å². The van der Waals surface area contributed by atoms with Crippen molar-refractivity contribution in [2.45, 2.75) is 25.9 Å². The fraction of sp³-hybridized carbons (Fsp3) is 0.500. The lowest BCUT2D eigenvalue weighted by molar-refractivity contribution is 0.181. The minimum absolute atomic E-state index is 0.152. The van der Waals surface area contributed by atoms with Crippen LogP contribution in [0.4, 0.5) is 4.39 Å². The predicted molar refractivity (Wildman–Crippen MR) is 59.2 cm³/mol. The summed E-state index contributed by atoms with van der Waals surface area (Å²) in [7, 11) is 1.56. The van der Waals surface area contributed by atoms with Gasteiger partial charge in [0.25, 0.3) is 0 Å². The Hall–Kier alpha value is -0.930. The molecule has 0 aliphatic carbocycles. The highest BCUT2D eigenvalue weighted by molar-refractivity contribution is 5.28. The van der Waals surface area contributed by atoms with Crippen molar-refractivity contribution in [1.82, 2.24) is 0 Å². The smallest absolute Gasteiger partial charge is 0.132 e. The Kier molecular flexibility index (Phi) is 4.72. The van der Waals surface area contributed by atoms with Gasteiger partial charge in [-0.15, -0.1) is 0 Å². The van der Waals surface area contributed by atoms with Gasteiger partial charge in [-0.3, -0.25) is 0 Å². The van der Waals surface area contributed by atoms with Gasteiger partial charge in [-0.05, 0) is 24.4 Å². The van der Waals surface area contributed by atoms with E-state index in [-0.39, 0.29) is 11.7 Å². The summed E-state index contributed by atoms with van der Waals surface area (Å²) in [6.07, 6.45) is 0.799. The van der Waals surface area contributed by atoms with Gasteiger partial charge < -0.3 is 10.5 Å². The molecule has 2 N–H and O–H groups in total. The lowest BCUT2D eigenvalue weighted by Gasteiger charge is -2.13. The zero-order valence-corrected chi connectivity index (χ0v) is 9.29. The highest BCUT2D eigenvalue weighted by atomic mass is 19.1. The number of rotatable bonds is 5. The van der Waals surface area contributed by atoms with Crippen molar-refractivity contribution in [2.24, 2.45) is 5.73 Å². The van der Waals surface area contributed by atoms with E-state index in [1.165, 1.54) is 0 Å². The van der Waals surface area contributed by atoms with Gasteiger partial charge in [0.1, 0.15) is 5.82 Å². The quantitative estimate of drug-likeness (QED) is 0.811. The van der Waals surface area contributed by atoms with E-state index in [4.69, 9.17) is 10.5 Å². The Morgan fingerprint density at radius 1 is 1.47 bits per heavy atom. The van der Waals surface area contributed by atoms with Crippen molar-refractivity contribution in [1.29, 1.82) is 0 Å². The van der Waals surface area contributed by atoms with E-state index in [9.17, 15) is 4.39 Å². The van der Waals surface area contributed by atoms with Gasteiger partial charge in [0, 0.05) is 12.7 Å². The second kappa shape index (κ2) is 5.83. The maximum absolute atomic E-state index is 13.9. The molecule has 0 aromatic heterocycles. The molecule has 0 aliphatic rings. The summed E-state index contributed by atoms with van der Waals surface area (Å²) in [5.74, 6) is 0.00658. The number of ether oxygens (including phenoxy) is 1. The molecule has 0 bridgehead atoms. The van der Waals surface area contributed by atoms with Gasteiger partial charge in [-0.1, -0.05) is 25.1 Å². The van der Waals surface area contributed by atoms with E-state index >= 15 is 0 Å². The van der Waals surface area contributed by atoms with Crippen LogP contribution in [0.15, 0.2) is 18.2 Å². The molecule has 84 valence electrons. The van der Waals surface area contributed by atoms with E-state index in [0.717, 1.165) is 12.0 Å². The minimum atomic E-state index is -0.152. The van der Waals surface area contributed by atoms with Crippen molar-refractivity contribution in [3.05, 3.63) is 35.1 Å². The summed E-state index contributed by atoms with van der Waals surface area (Å²) in [5.41, 5.74) is 6.81. The average molecular weight is 211 g/mol. The highest BCUT2D eigenvalue weighted by Gasteiger charge is 2.13. The molecular weight excluding hydrogens is 193 g/mol. The van der Waals surface area contributed by atoms with Crippen molar-refractivity contribution in [2.75, 3.05) is 13.7 Å². The lowest BCUT2D eigenvalue weighted by atomic mass is 9.95. The maximum Gasteiger partial charge on any atom is 0.132 e. The second-order valence-electron chi connectivity index (χ2n) is 3.73. The maximum atomic E-state index is 13.9. The van der Waals surface area contributed by atoms with Gasteiger partial charge in [-0.2, -0.15) is 0 Å². The molecule has 0 heterocycles. The van der Waals surface area contributed by atoms with E-state index in [1.54, 1.807) is 13.2 Å². The SMILES string of the molecule is COCc1cccc(C(C)CCN)c1F. The van der Waals surface area contributed by atoms with Crippen LogP contribution in [-0.2, 0) is 11.3 Å². The molecule has 0 saturated heterocycles. The van der Waals surface area contributed by atoms with Crippen LogP contribution in [-0.4, -0.2) is 13.7 Å². The van der Waals surface area contributed by atoms with Crippen LogP contribution >= 0.6 is 0 Å². The Morgan fingerprint density at radius 3 is 2.80 bits per heavy atom. The van der Waals surface area contributed by atoms with Crippen LogP contribution in [0, 0.1) is 5.82 Å². The molecule has 0 saturated carbocycles. The number of hydrogen-bond acceptors (Lipinski definition) is 2. The van der Waals surface area contributed by atoms with Gasteiger partial charge >= 0.3 is 0 Å². The number of hydrogen-bond donors (Lipinski definition) is 1. The third-order valence-electron chi connectivity index (χ3n) is 2.54. The van der Waals surface area contributed by atoms with Crippen molar-refractivity contribution in [3.8, 4) is 0 Å². The first-order valence-corrected chi connectivity index (χ1v) is 5.17. The summed E-state index contributed by atoms with van der Waals surface area (Å²) in [4.78, 5) is 0. The molecule has 0 amide bonds. The number of halogens is 1. The fourth-order valence-electron chi connectivity index (χ4n) is 1.65. The van der Waals surface area contributed by atoms with Gasteiger partial charge in [0.2, 0.25) is 0 Å². The topological polar surface area (TPSA) is 35.2 Å². The van der Waals surface area contributed by atoms with E-state index in [1.807, 2.05) is 19.1 Å². The minimum Gasteiger partial charge on any atom is -0.380 e. The zero-order chi connectivity index (χ0) is 11.3. The molecular formula is C12H18FNO. The third-order valence-corrected chi connectivity index (χ3v) is 2.54. The number of methoxy groups -OCH3 is 1. The largest absolute Gasteiger partial charge is 0.380 e. The summed E-state index contributed by atoms with van der Waals surface area (Å²) in [6.45, 7) is 2.88. The van der Waals surface area contributed by atoms with Gasteiger partial charge in [0.05, 0.1) is 6.61 Å².